The standard InChI is InChI=1S/C20H26N4O2/c1-14-21-17(19(25)24-9-11-26-12-10-24)13-18(22-14)23-16-7-5-15(6-8-16)20(2,3)4/h5-8,13H,9-12H2,1-4H3,(H,21,22,23). The van der Waals surface area contributed by atoms with Gasteiger partial charge in [-0.15, -0.1) is 0 Å². The summed E-state index contributed by atoms with van der Waals surface area (Å²) in [5.74, 6) is 1.11. The molecule has 0 unspecified atom stereocenters. The van der Waals surface area contributed by atoms with E-state index < -0.39 is 0 Å². The van der Waals surface area contributed by atoms with Gasteiger partial charge in [0.2, 0.25) is 0 Å². The van der Waals surface area contributed by atoms with Crippen molar-refractivity contribution in [1.82, 2.24) is 14.9 Å². The predicted molar refractivity (Wildman–Crippen MR) is 102 cm³/mol. The summed E-state index contributed by atoms with van der Waals surface area (Å²) in [5, 5.41) is 3.28. The number of rotatable bonds is 3. The van der Waals surface area contributed by atoms with Gasteiger partial charge in [-0.05, 0) is 30.0 Å². The Kier molecular flexibility index (Phi) is 5.23. The Bertz CT molecular complexity index is 775. The molecule has 1 amide bonds. The summed E-state index contributed by atoms with van der Waals surface area (Å²) in [7, 11) is 0. The zero-order valence-corrected chi connectivity index (χ0v) is 15.9. The molecule has 0 atom stereocenters. The van der Waals surface area contributed by atoms with Crippen LogP contribution in [0.25, 0.3) is 0 Å². The molecule has 1 aromatic heterocycles. The maximum absolute atomic E-state index is 12.7. The predicted octanol–water partition coefficient (Wildman–Crippen LogP) is 3.30. The molecule has 1 saturated heterocycles. The second-order valence-corrected chi connectivity index (χ2v) is 7.54. The van der Waals surface area contributed by atoms with Crippen LogP contribution in [0.1, 0.15) is 42.6 Å². The fraction of sp³-hybridized carbons (Fsp3) is 0.450. The molecule has 6 nitrogen and oxygen atoms in total. The summed E-state index contributed by atoms with van der Waals surface area (Å²) in [5.41, 5.74) is 2.72. The molecule has 1 N–H and O–H groups in total. The van der Waals surface area contributed by atoms with Crippen LogP contribution in [0.15, 0.2) is 30.3 Å². The zero-order chi connectivity index (χ0) is 18.7. The number of hydrogen-bond acceptors (Lipinski definition) is 5. The number of nitrogens with one attached hydrogen (secondary N) is 1. The Morgan fingerprint density at radius 2 is 1.77 bits per heavy atom. The highest BCUT2D eigenvalue weighted by atomic mass is 16.5. The second kappa shape index (κ2) is 7.41. The molecular formula is C20H26N4O2. The lowest BCUT2D eigenvalue weighted by atomic mass is 9.87. The summed E-state index contributed by atoms with van der Waals surface area (Å²) in [6.45, 7) is 10.7. The van der Waals surface area contributed by atoms with E-state index >= 15 is 0 Å². The number of aryl methyl sites for hydroxylation is 1. The monoisotopic (exact) mass is 354 g/mol. The number of morpholine rings is 1. The number of hydrogen-bond donors (Lipinski definition) is 1. The summed E-state index contributed by atoms with van der Waals surface area (Å²) in [6, 6.07) is 9.98. The number of ether oxygens (including phenoxy) is 1. The van der Waals surface area contributed by atoms with Crippen LogP contribution in [0.4, 0.5) is 11.5 Å². The van der Waals surface area contributed by atoms with Crippen molar-refractivity contribution in [3.63, 3.8) is 0 Å². The van der Waals surface area contributed by atoms with Crippen LogP contribution in [-0.4, -0.2) is 47.1 Å². The molecule has 0 spiro atoms. The third-order valence-corrected chi connectivity index (χ3v) is 4.38. The normalized spacial score (nSPS) is 15.0. The van der Waals surface area contributed by atoms with Crippen molar-refractivity contribution in [2.75, 3.05) is 31.6 Å². The first kappa shape index (κ1) is 18.3. The van der Waals surface area contributed by atoms with Gasteiger partial charge in [-0.1, -0.05) is 32.9 Å². The fourth-order valence-electron chi connectivity index (χ4n) is 2.87. The Hall–Kier alpha value is -2.47. The van der Waals surface area contributed by atoms with Gasteiger partial charge in [0.15, 0.2) is 0 Å². The molecule has 6 heteroatoms. The molecule has 1 aliphatic rings. The van der Waals surface area contributed by atoms with Crippen LogP contribution in [-0.2, 0) is 10.2 Å². The first-order chi connectivity index (χ1) is 12.3. The van der Waals surface area contributed by atoms with Gasteiger partial charge >= 0.3 is 0 Å². The molecule has 1 aromatic carbocycles. The van der Waals surface area contributed by atoms with E-state index in [1.807, 2.05) is 12.1 Å². The SMILES string of the molecule is Cc1nc(Nc2ccc(C(C)(C)C)cc2)cc(C(=O)N2CCOCC2)n1. The number of carbonyl (C=O) groups is 1. The van der Waals surface area contributed by atoms with E-state index in [-0.39, 0.29) is 11.3 Å². The maximum atomic E-state index is 12.7. The first-order valence-electron chi connectivity index (χ1n) is 8.93. The number of amides is 1. The largest absolute Gasteiger partial charge is 0.378 e. The first-order valence-corrected chi connectivity index (χ1v) is 8.93. The number of benzene rings is 1. The molecule has 0 radical (unpaired) electrons. The van der Waals surface area contributed by atoms with Crippen molar-refractivity contribution in [3.05, 3.63) is 47.4 Å². The van der Waals surface area contributed by atoms with E-state index in [0.717, 1.165) is 5.69 Å². The van der Waals surface area contributed by atoms with Gasteiger partial charge < -0.3 is 15.0 Å². The minimum absolute atomic E-state index is 0.0788. The average molecular weight is 354 g/mol. The van der Waals surface area contributed by atoms with E-state index in [4.69, 9.17) is 4.74 Å². The topological polar surface area (TPSA) is 67.4 Å². The van der Waals surface area contributed by atoms with Gasteiger partial charge in [-0.2, -0.15) is 0 Å². The van der Waals surface area contributed by atoms with Crippen LogP contribution in [0, 0.1) is 6.92 Å². The molecule has 1 aliphatic heterocycles. The van der Waals surface area contributed by atoms with Crippen molar-refractivity contribution < 1.29 is 9.53 Å². The molecule has 26 heavy (non-hydrogen) atoms. The maximum Gasteiger partial charge on any atom is 0.272 e. The van der Waals surface area contributed by atoms with E-state index in [1.165, 1.54) is 5.56 Å². The van der Waals surface area contributed by atoms with Gasteiger partial charge in [-0.3, -0.25) is 4.79 Å². The van der Waals surface area contributed by atoms with Crippen LogP contribution >= 0.6 is 0 Å². The average Bonchev–Trinajstić information content (AvgIpc) is 2.61. The van der Waals surface area contributed by atoms with Crippen LogP contribution in [0.3, 0.4) is 0 Å². The molecule has 0 aliphatic carbocycles. The van der Waals surface area contributed by atoms with Gasteiger partial charge in [-0.25, -0.2) is 9.97 Å². The van der Waals surface area contributed by atoms with Crippen LogP contribution < -0.4 is 5.32 Å². The summed E-state index contributed by atoms with van der Waals surface area (Å²) < 4.78 is 5.31. The lowest BCUT2D eigenvalue weighted by Gasteiger charge is -2.26. The van der Waals surface area contributed by atoms with Crippen LogP contribution in [0.5, 0.6) is 0 Å². The third-order valence-electron chi connectivity index (χ3n) is 4.38. The lowest BCUT2D eigenvalue weighted by Crippen LogP contribution is -2.41. The van der Waals surface area contributed by atoms with E-state index in [2.05, 4.69) is 48.2 Å². The number of aromatic nitrogens is 2. The molecule has 2 aromatic rings. The quantitative estimate of drug-likeness (QED) is 0.916. The van der Waals surface area contributed by atoms with Crippen molar-refractivity contribution in [3.8, 4) is 0 Å². The molecule has 1 fully saturated rings. The van der Waals surface area contributed by atoms with E-state index in [1.54, 1.807) is 17.9 Å². The van der Waals surface area contributed by atoms with Gasteiger partial charge in [0.25, 0.3) is 5.91 Å². The minimum Gasteiger partial charge on any atom is -0.378 e. The van der Waals surface area contributed by atoms with E-state index in [9.17, 15) is 4.79 Å². The Balaban J connectivity index is 1.78. The van der Waals surface area contributed by atoms with Gasteiger partial charge in [0, 0.05) is 24.8 Å². The highest BCUT2D eigenvalue weighted by molar-refractivity contribution is 5.93. The lowest BCUT2D eigenvalue weighted by molar-refractivity contribution is 0.0299. The van der Waals surface area contributed by atoms with Crippen molar-refractivity contribution in [1.29, 1.82) is 0 Å². The van der Waals surface area contributed by atoms with Crippen molar-refractivity contribution in [2.45, 2.75) is 33.1 Å². The smallest absolute Gasteiger partial charge is 0.272 e. The Morgan fingerprint density at radius 3 is 2.38 bits per heavy atom. The molecule has 0 bridgehead atoms. The molecule has 138 valence electrons. The Morgan fingerprint density at radius 1 is 1.12 bits per heavy atom. The number of nitrogens with zero attached hydrogens (tertiary/aromatic N) is 3. The zero-order valence-electron chi connectivity index (χ0n) is 15.9. The van der Waals surface area contributed by atoms with Gasteiger partial charge in [0.1, 0.15) is 17.3 Å². The minimum atomic E-state index is -0.0788. The summed E-state index contributed by atoms with van der Waals surface area (Å²) >= 11 is 0. The molecule has 3 rings (SSSR count). The van der Waals surface area contributed by atoms with Crippen molar-refractivity contribution in [2.24, 2.45) is 0 Å². The fourth-order valence-corrected chi connectivity index (χ4v) is 2.87. The molecule has 2 heterocycles. The van der Waals surface area contributed by atoms with Crippen molar-refractivity contribution >= 4 is 17.4 Å². The summed E-state index contributed by atoms with van der Waals surface area (Å²) in [4.78, 5) is 23.2. The highest BCUT2D eigenvalue weighted by Gasteiger charge is 2.21. The van der Waals surface area contributed by atoms with E-state index in [0.29, 0.717) is 43.6 Å². The summed E-state index contributed by atoms with van der Waals surface area (Å²) in [6.07, 6.45) is 0. The van der Waals surface area contributed by atoms with Gasteiger partial charge in [0.05, 0.1) is 13.2 Å². The third kappa shape index (κ3) is 4.38. The van der Waals surface area contributed by atoms with Crippen LogP contribution in [0.2, 0.25) is 0 Å². The highest BCUT2D eigenvalue weighted by Crippen LogP contribution is 2.24. The number of anilines is 2. The number of carbonyl (C=O) groups excluding carboxylic acids is 1. The Labute approximate surface area is 154 Å². The molecular weight excluding hydrogens is 328 g/mol. The second-order valence-electron chi connectivity index (χ2n) is 7.54. The molecule has 0 saturated carbocycles.